The number of fused-ring (bicyclic) bond motifs is 1. The zero-order valence-corrected chi connectivity index (χ0v) is 14.2. The first-order chi connectivity index (χ1) is 12.3. The first-order valence-electron chi connectivity index (χ1n) is 8.00. The van der Waals surface area contributed by atoms with Crippen LogP contribution in [0.5, 0.6) is 0 Å². The van der Waals surface area contributed by atoms with Crippen LogP contribution in [0.25, 0.3) is 21.5 Å². The van der Waals surface area contributed by atoms with E-state index in [-0.39, 0.29) is 5.91 Å². The molecule has 25 heavy (non-hydrogen) atoms. The molecule has 0 radical (unpaired) electrons. The van der Waals surface area contributed by atoms with E-state index < -0.39 is 0 Å². The second kappa shape index (κ2) is 6.86. The van der Waals surface area contributed by atoms with Crippen molar-refractivity contribution in [1.29, 1.82) is 0 Å². The van der Waals surface area contributed by atoms with E-state index in [0.29, 0.717) is 12.2 Å². The standard InChI is InChI=1S/C19H16N4OS/c24-18(17-12-25-19(23-17)13-5-8-20-9-6-13)21-10-7-14-11-22-16-4-2-1-3-15(14)16/h1-6,8-9,11-12,22H,7,10H2,(H,21,24). The topological polar surface area (TPSA) is 70.7 Å². The van der Waals surface area contributed by atoms with E-state index in [1.165, 1.54) is 22.3 Å². The monoisotopic (exact) mass is 348 g/mol. The number of hydrogen-bond donors (Lipinski definition) is 2. The highest BCUT2D eigenvalue weighted by atomic mass is 32.1. The molecule has 1 amide bonds. The molecule has 0 spiro atoms. The molecule has 0 fully saturated rings. The summed E-state index contributed by atoms with van der Waals surface area (Å²) in [5.74, 6) is -0.142. The first kappa shape index (κ1) is 15.5. The maximum Gasteiger partial charge on any atom is 0.270 e. The molecule has 4 aromatic rings. The number of para-hydroxylation sites is 1. The van der Waals surface area contributed by atoms with Gasteiger partial charge < -0.3 is 10.3 Å². The predicted molar refractivity (Wildman–Crippen MR) is 99.7 cm³/mol. The highest BCUT2D eigenvalue weighted by molar-refractivity contribution is 7.13. The fourth-order valence-electron chi connectivity index (χ4n) is 2.74. The highest BCUT2D eigenvalue weighted by Gasteiger charge is 2.12. The van der Waals surface area contributed by atoms with Crippen LogP contribution in [0.3, 0.4) is 0 Å². The summed E-state index contributed by atoms with van der Waals surface area (Å²) in [6.45, 7) is 0.572. The Morgan fingerprint density at radius 2 is 2.00 bits per heavy atom. The number of carbonyl (C=O) groups excluding carboxylic acids is 1. The number of nitrogens with zero attached hydrogens (tertiary/aromatic N) is 2. The molecule has 0 bridgehead atoms. The van der Waals surface area contributed by atoms with Crippen LogP contribution in [0.2, 0.25) is 0 Å². The molecule has 0 saturated heterocycles. The number of thiazole rings is 1. The summed E-state index contributed by atoms with van der Waals surface area (Å²) in [7, 11) is 0. The van der Waals surface area contributed by atoms with Crippen molar-refractivity contribution in [2.24, 2.45) is 0 Å². The van der Waals surface area contributed by atoms with Crippen LogP contribution in [0, 0.1) is 0 Å². The van der Waals surface area contributed by atoms with Crippen molar-refractivity contribution in [3.05, 3.63) is 71.6 Å². The lowest BCUT2D eigenvalue weighted by molar-refractivity contribution is 0.0950. The molecule has 0 aliphatic heterocycles. The van der Waals surface area contributed by atoms with Gasteiger partial charge in [0.2, 0.25) is 0 Å². The summed E-state index contributed by atoms with van der Waals surface area (Å²) in [6, 6.07) is 11.9. The Labute approximate surface area is 148 Å². The molecule has 1 aromatic carbocycles. The van der Waals surface area contributed by atoms with Crippen molar-refractivity contribution in [1.82, 2.24) is 20.3 Å². The number of hydrogen-bond acceptors (Lipinski definition) is 4. The normalized spacial score (nSPS) is 10.9. The predicted octanol–water partition coefficient (Wildman–Crippen LogP) is 3.66. The number of carbonyl (C=O) groups is 1. The highest BCUT2D eigenvalue weighted by Crippen LogP contribution is 2.23. The van der Waals surface area contributed by atoms with Gasteiger partial charge in [-0.1, -0.05) is 18.2 Å². The molecule has 6 heteroatoms. The van der Waals surface area contributed by atoms with Crippen LogP contribution >= 0.6 is 11.3 Å². The number of aromatic nitrogens is 3. The zero-order chi connectivity index (χ0) is 17.1. The fraction of sp³-hybridized carbons (Fsp3) is 0.105. The van der Waals surface area contributed by atoms with Gasteiger partial charge in [0.1, 0.15) is 10.7 Å². The second-order valence-electron chi connectivity index (χ2n) is 5.64. The van der Waals surface area contributed by atoms with Crippen LogP contribution < -0.4 is 5.32 Å². The van der Waals surface area contributed by atoms with Crippen molar-refractivity contribution in [3.8, 4) is 10.6 Å². The summed E-state index contributed by atoms with van der Waals surface area (Å²) in [5.41, 5.74) is 3.74. The average molecular weight is 348 g/mol. The van der Waals surface area contributed by atoms with Gasteiger partial charge in [0, 0.05) is 47.0 Å². The number of H-pyrrole nitrogens is 1. The van der Waals surface area contributed by atoms with E-state index in [4.69, 9.17) is 0 Å². The molecular weight excluding hydrogens is 332 g/mol. The third-order valence-corrected chi connectivity index (χ3v) is 4.91. The Kier molecular flexibility index (Phi) is 4.26. The van der Waals surface area contributed by atoms with Crippen LogP contribution in [-0.4, -0.2) is 27.4 Å². The quantitative estimate of drug-likeness (QED) is 0.578. The van der Waals surface area contributed by atoms with Crippen molar-refractivity contribution in [2.45, 2.75) is 6.42 Å². The van der Waals surface area contributed by atoms with E-state index in [0.717, 1.165) is 22.5 Å². The van der Waals surface area contributed by atoms with Gasteiger partial charge in [-0.15, -0.1) is 11.3 Å². The van der Waals surface area contributed by atoms with Crippen molar-refractivity contribution in [2.75, 3.05) is 6.54 Å². The maximum absolute atomic E-state index is 12.3. The van der Waals surface area contributed by atoms with Crippen LogP contribution in [-0.2, 0) is 6.42 Å². The molecule has 3 heterocycles. The SMILES string of the molecule is O=C(NCCc1c[nH]c2ccccc12)c1csc(-c2ccncc2)n1. The Morgan fingerprint density at radius 3 is 2.88 bits per heavy atom. The molecule has 0 atom stereocenters. The minimum Gasteiger partial charge on any atom is -0.361 e. The Balaban J connectivity index is 1.39. The van der Waals surface area contributed by atoms with Crippen molar-refractivity contribution < 1.29 is 4.79 Å². The number of rotatable bonds is 5. The summed E-state index contributed by atoms with van der Waals surface area (Å²) in [6.07, 6.45) is 6.22. The van der Waals surface area contributed by atoms with Gasteiger partial charge in [-0.05, 0) is 30.2 Å². The zero-order valence-electron chi connectivity index (χ0n) is 13.4. The average Bonchev–Trinajstić information content (AvgIpc) is 3.30. The minimum absolute atomic E-state index is 0.142. The van der Waals surface area contributed by atoms with E-state index in [2.05, 4.69) is 26.3 Å². The molecule has 4 rings (SSSR count). The van der Waals surface area contributed by atoms with E-state index >= 15 is 0 Å². The molecule has 0 aliphatic rings. The van der Waals surface area contributed by atoms with Gasteiger partial charge in [-0.25, -0.2) is 4.98 Å². The summed E-state index contributed by atoms with van der Waals surface area (Å²) in [4.78, 5) is 24.0. The third-order valence-electron chi connectivity index (χ3n) is 4.02. The van der Waals surface area contributed by atoms with Crippen LogP contribution in [0.15, 0.2) is 60.4 Å². The second-order valence-corrected chi connectivity index (χ2v) is 6.50. The van der Waals surface area contributed by atoms with E-state index in [1.807, 2.05) is 36.5 Å². The summed E-state index contributed by atoms with van der Waals surface area (Å²) < 4.78 is 0. The van der Waals surface area contributed by atoms with Crippen molar-refractivity contribution >= 4 is 28.1 Å². The maximum atomic E-state index is 12.3. The molecule has 5 nitrogen and oxygen atoms in total. The fourth-order valence-corrected chi connectivity index (χ4v) is 3.55. The smallest absolute Gasteiger partial charge is 0.270 e. The largest absolute Gasteiger partial charge is 0.361 e. The number of benzene rings is 1. The minimum atomic E-state index is -0.142. The van der Waals surface area contributed by atoms with Crippen LogP contribution in [0.1, 0.15) is 16.1 Å². The molecule has 3 aromatic heterocycles. The van der Waals surface area contributed by atoms with E-state index in [1.54, 1.807) is 17.8 Å². The van der Waals surface area contributed by atoms with Gasteiger partial charge in [0.05, 0.1) is 0 Å². The molecule has 0 aliphatic carbocycles. The van der Waals surface area contributed by atoms with E-state index in [9.17, 15) is 4.79 Å². The Hall–Kier alpha value is -2.99. The lowest BCUT2D eigenvalue weighted by Crippen LogP contribution is -2.25. The van der Waals surface area contributed by atoms with Gasteiger partial charge in [-0.3, -0.25) is 9.78 Å². The Morgan fingerprint density at radius 1 is 1.16 bits per heavy atom. The molecular formula is C19H16N4OS. The van der Waals surface area contributed by atoms with Crippen molar-refractivity contribution in [3.63, 3.8) is 0 Å². The molecule has 124 valence electrons. The molecule has 0 unspecified atom stereocenters. The summed E-state index contributed by atoms with van der Waals surface area (Å²) >= 11 is 1.46. The third kappa shape index (κ3) is 3.29. The first-order valence-corrected chi connectivity index (χ1v) is 8.88. The molecule has 0 saturated carbocycles. The van der Waals surface area contributed by atoms with Crippen LogP contribution in [0.4, 0.5) is 0 Å². The van der Waals surface area contributed by atoms with Gasteiger partial charge >= 0.3 is 0 Å². The lowest BCUT2D eigenvalue weighted by atomic mass is 10.1. The molecule has 2 N–H and O–H groups in total. The lowest BCUT2D eigenvalue weighted by Gasteiger charge is -2.02. The number of aromatic amines is 1. The van der Waals surface area contributed by atoms with Gasteiger partial charge in [0.15, 0.2) is 0 Å². The Bertz CT molecular complexity index is 1010. The van der Waals surface area contributed by atoms with Gasteiger partial charge in [0.25, 0.3) is 5.91 Å². The number of amides is 1. The number of nitrogens with one attached hydrogen (secondary N) is 2. The number of pyridine rings is 1. The van der Waals surface area contributed by atoms with Gasteiger partial charge in [-0.2, -0.15) is 0 Å². The summed E-state index contributed by atoms with van der Waals surface area (Å²) in [5, 5.41) is 6.76.